The average molecular weight is 811 g/mol. The van der Waals surface area contributed by atoms with Gasteiger partial charge >= 0.3 is 19.8 Å². The topological polar surface area (TPSA) is 169 Å². The van der Waals surface area contributed by atoms with Crippen molar-refractivity contribution in [3.63, 3.8) is 0 Å². The van der Waals surface area contributed by atoms with E-state index in [1.54, 1.807) is 0 Å². The molecule has 0 amide bonds. The van der Waals surface area contributed by atoms with Gasteiger partial charge in [0.2, 0.25) is 0 Å². The fraction of sp³-hybridized carbons (Fsp3) is 0.682. The Morgan fingerprint density at radius 3 is 1.79 bits per heavy atom. The number of esters is 2. The molecule has 0 spiro atoms. The van der Waals surface area contributed by atoms with Gasteiger partial charge < -0.3 is 29.7 Å². The third-order valence-corrected chi connectivity index (χ3v) is 9.38. The number of hydrogen-bond donors (Lipinski definition) is 4. The number of carbonyl (C=O) groups is 2. The van der Waals surface area contributed by atoms with Crippen molar-refractivity contribution < 1.29 is 52.9 Å². The molecule has 0 heterocycles. The minimum Gasteiger partial charge on any atom is -0.462 e. The number of aliphatic hydroxyl groups is 3. The number of rotatable bonds is 38. The van der Waals surface area contributed by atoms with Crippen molar-refractivity contribution in [1.82, 2.24) is 0 Å². The van der Waals surface area contributed by atoms with E-state index in [1.807, 2.05) is 24.3 Å². The molecule has 0 aliphatic carbocycles. The number of unbranched alkanes of at least 4 members (excludes halogenated alkanes) is 11. The number of aliphatic hydroxyl groups excluding tert-OH is 3. The van der Waals surface area contributed by atoms with Crippen LogP contribution in [0.2, 0.25) is 0 Å². The van der Waals surface area contributed by atoms with Crippen LogP contribution in [0.3, 0.4) is 0 Å². The van der Waals surface area contributed by atoms with Crippen molar-refractivity contribution in [3.05, 3.63) is 72.9 Å². The van der Waals surface area contributed by atoms with Gasteiger partial charge in [0.05, 0.1) is 25.9 Å². The summed E-state index contributed by atoms with van der Waals surface area (Å²) in [6.45, 7) is 2.09. The van der Waals surface area contributed by atoms with Gasteiger partial charge in [0.15, 0.2) is 6.10 Å². The molecule has 0 rings (SSSR count). The highest BCUT2D eigenvalue weighted by molar-refractivity contribution is 7.47. The van der Waals surface area contributed by atoms with Crippen molar-refractivity contribution in [1.29, 1.82) is 0 Å². The van der Waals surface area contributed by atoms with Crippen LogP contribution < -0.4 is 0 Å². The van der Waals surface area contributed by atoms with Gasteiger partial charge in [-0.25, -0.2) is 4.57 Å². The van der Waals surface area contributed by atoms with Gasteiger partial charge in [0.1, 0.15) is 12.7 Å². The van der Waals surface area contributed by atoms with Gasteiger partial charge in [0.25, 0.3) is 0 Å². The first kappa shape index (κ1) is 53.4. The molecule has 0 aromatic carbocycles. The fourth-order valence-electron chi connectivity index (χ4n) is 5.11. The minimum absolute atomic E-state index is 0.0844. The third-order valence-electron chi connectivity index (χ3n) is 8.43. The van der Waals surface area contributed by atoms with Crippen LogP contribution in [-0.2, 0) is 32.7 Å². The lowest BCUT2D eigenvalue weighted by atomic mass is 10.1. The first-order chi connectivity index (χ1) is 27.1. The number of carbonyl (C=O) groups excluding carboxylic acids is 2. The fourth-order valence-corrected chi connectivity index (χ4v) is 5.90. The van der Waals surface area contributed by atoms with Crippen molar-refractivity contribution >= 4 is 19.8 Å². The number of allylic oxidation sites excluding steroid dienone is 11. The van der Waals surface area contributed by atoms with E-state index in [4.69, 9.17) is 19.1 Å². The van der Waals surface area contributed by atoms with Crippen LogP contribution in [0.5, 0.6) is 0 Å². The maximum Gasteiger partial charge on any atom is 0.472 e. The van der Waals surface area contributed by atoms with Crippen molar-refractivity contribution in [2.24, 2.45) is 0 Å². The summed E-state index contributed by atoms with van der Waals surface area (Å²) in [6.07, 6.45) is 40.6. The van der Waals surface area contributed by atoms with E-state index < -0.39 is 51.8 Å². The maximum atomic E-state index is 12.6. The molecule has 0 aliphatic rings. The number of phosphoric ester groups is 1. The summed E-state index contributed by atoms with van der Waals surface area (Å²) in [6, 6.07) is 0. The molecule has 0 aromatic heterocycles. The van der Waals surface area contributed by atoms with E-state index in [9.17, 15) is 29.3 Å². The zero-order chi connectivity index (χ0) is 41.4. The summed E-state index contributed by atoms with van der Waals surface area (Å²) in [5.41, 5.74) is 0. The second kappa shape index (κ2) is 39.2. The molecule has 56 heavy (non-hydrogen) atoms. The molecule has 0 aromatic rings. The first-order valence-corrected chi connectivity index (χ1v) is 22.5. The molecular formula is C44H75O11P. The molecule has 1 unspecified atom stereocenters. The van der Waals surface area contributed by atoms with Crippen LogP contribution in [0.1, 0.15) is 149 Å². The van der Waals surface area contributed by atoms with Crippen molar-refractivity contribution in [3.8, 4) is 0 Å². The SMILES string of the molecule is CCCCCC/C=C\C=C/CCCCCCCC(=O)OC[C@H](COP(=O)(O)OC[C@@H](O)CO)OC(=O)CCC/C=C\C/C=C\C/C=C\C/C=C\[C@H](O)CCCC. The van der Waals surface area contributed by atoms with Gasteiger partial charge in [-0.1, -0.05) is 138 Å². The molecule has 0 saturated carbocycles. The van der Waals surface area contributed by atoms with Crippen LogP contribution in [0, 0.1) is 0 Å². The van der Waals surface area contributed by atoms with Crippen LogP contribution in [0.4, 0.5) is 0 Å². The van der Waals surface area contributed by atoms with Gasteiger partial charge in [-0.3, -0.25) is 18.6 Å². The normalized spacial score (nSPS) is 15.2. The summed E-state index contributed by atoms with van der Waals surface area (Å²) < 4.78 is 32.6. The highest BCUT2D eigenvalue weighted by atomic mass is 31.2. The lowest BCUT2D eigenvalue weighted by Crippen LogP contribution is -2.29. The Morgan fingerprint density at radius 1 is 0.607 bits per heavy atom. The molecule has 0 fully saturated rings. The van der Waals surface area contributed by atoms with Crippen molar-refractivity contribution in [2.45, 2.75) is 167 Å². The van der Waals surface area contributed by atoms with E-state index in [2.05, 4.69) is 67.0 Å². The summed E-state index contributed by atoms with van der Waals surface area (Å²) in [5.74, 6) is -1.04. The molecule has 11 nitrogen and oxygen atoms in total. The summed E-state index contributed by atoms with van der Waals surface area (Å²) in [5, 5.41) is 28.1. The predicted octanol–water partition coefficient (Wildman–Crippen LogP) is 9.86. The summed E-state index contributed by atoms with van der Waals surface area (Å²) in [4.78, 5) is 34.9. The Labute approximate surface area is 338 Å². The van der Waals surface area contributed by atoms with Crippen LogP contribution in [-0.4, -0.2) is 76.9 Å². The van der Waals surface area contributed by atoms with E-state index in [0.717, 1.165) is 77.0 Å². The van der Waals surface area contributed by atoms with Crippen LogP contribution in [0.25, 0.3) is 0 Å². The average Bonchev–Trinajstić information content (AvgIpc) is 3.18. The van der Waals surface area contributed by atoms with E-state index in [1.165, 1.54) is 25.7 Å². The quantitative estimate of drug-likeness (QED) is 0.0154. The molecule has 4 N–H and O–H groups in total. The first-order valence-electron chi connectivity index (χ1n) is 21.0. The number of ether oxygens (including phenoxy) is 2. The van der Waals surface area contributed by atoms with Gasteiger partial charge in [-0.2, -0.15) is 0 Å². The molecular weight excluding hydrogens is 735 g/mol. The van der Waals surface area contributed by atoms with Crippen LogP contribution >= 0.6 is 7.82 Å². The number of phosphoric acid groups is 1. The Hall–Kier alpha value is -2.63. The molecule has 0 saturated heterocycles. The molecule has 12 heteroatoms. The number of hydrogen-bond acceptors (Lipinski definition) is 10. The lowest BCUT2D eigenvalue weighted by Gasteiger charge is -2.20. The second-order valence-electron chi connectivity index (χ2n) is 13.9. The molecule has 322 valence electrons. The van der Waals surface area contributed by atoms with Crippen molar-refractivity contribution in [2.75, 3.05) is 26.4 Å². The third kappa shape index (κ3) is 38.3. The van der Waals surface area contributed by atoms with Gasteiger partial charge in [-0.15, -0.1) is 0 Å². The van der Waals surface area contributed by atoms with E-state index in [0.29, 0.717) is 19.3 Å². The molecule has 0 aliphatic heterocycles. The van der Waals surface area contributed by atoms with Gasteiger partial charge in [0, 0.05) is 12.8 Å². The standard InChI is InChI=1S/C44H75O11P/c1-3-5-7-8-9-10-11-12-13-14-18-21-24-27-30-34-43(48)52-38-42(39-54-56(50,51)53-37-41(47)36-45)55-44(49)35-31-28-25-22-19-16-15-17-20-23-26-29-33-40(46)32-6-4-2/h10-13,15-16,20,22-23,25,29,33,40-42,45-47H,3-9,14,17-19,21,24,26-28,30-32,34-39H2,1-2H3,(H,50,51)/b11-10-,13-12-,16-15-,23-20-,25-22-,33-29-/t40-,41+,42-/m1/s1. The zero-order valence-electron chi connectivity index (χ0n) is 34.4. The Morgan fingerprint density at radius 2 is 1.14 bits per heavy atom. The highest BCUT2D eigenvalue weighted by Crippen LogP contribution is 2.43. The maximum absolute atomic E-state index is 12.6. The lowest BCUT2D eigenvalue weighted by molar-refractivity contribution is -0.161. The van der Waals surface area contributed by atoms with E-state index in [-0.39, 0.29) is 25.6 Å². The van der Waals surface area contributed by atoms with Gasteiger partial charge in [-0.05, 0) is 70.6 Å². The molecule has 0 bridgehead atoms. The van der Waals surface area contributed by atoms with Crippen LogP contribution in [0.15, 0.2) is 72.9 Å². The molecule has 4 atom stereocenters. The van der Waals surface area contributed by atoms with E-state index >= 15 is 0 Å². The smallest absolute Gasteiger partial charge is 0.462 e. The zero-order valence-corrected chi connectivity index (χ0v) is 35.3. The Bertz CT molecular complexity index is 1180. The highest BCUT2D eigenvalue weighted by Gasteiger charge is 2.27. The minimum atomic E-state index is -4.65. The largest absolute Gasteiger partial charge is 0.472 e. The Kier molecular flexibility index (Phi) is 37.4. The Balaban J connectivity index is 4.49. The predicted molar refractivity (Wildman–Crippen MR) is 225 cm³/mol. The molecule has 0 radical (unpaired) electrons. The summed E-state index contributed by atoms with van der Waals surface area (Å²) >= 11 is 0. The second-order valence-corrected chi connectivity index (χ2v) is 15.3. The monoisotopic (exact) mass is 811 g/mol. The summed E-state index contributed by atoms with van der Waals surface area (Å²) in [7, 11) is -4.65.